The molecular weight excluding hydrogens is 538 g/mol. The Morgan fingerprint density at radius 3 is 1.85 bits per heavy atom. The van der Waals surface area contributed by atoms with Crippen LogP contribution in [0.5, 0.6) is 5.75 Å². The minimum atomic E-state index is -1.36. The van der Waals surface area contributed by atoms with Crippen molar-refractivity contribution in [1.82, 2.24) is 21.3 Å². The van der Waals surface area contributed by atoms with E-state index in [9.17, 15) is 39.0 Å². The first-order valence-electron chi connectivity index (χ1n) is 13.4. The van der Waals surface area contributed by atoms with Crippen molar-refractivity contribution in [3.05, 3.63) is 29.8 Å². The predicted octanol–water partition coefficient (Wildman–Crippen LogP) is -0.372. The maximum Gasteiger partial charge on any atom is 0.326 e. The molecule has 0 saturated heterocycles. The van der Waals surface area contributed by atoms with Crippen molar-refractivity contribution in [2.75, 3.05) is 6.54 Å². The Morgan fingerprint density at radius 2 is 1.34 bits per heavy atom. The molecule has 0 aliphatic heterocycles. The van der Waals surface area contributed by atoms with Crippen LogP contribution in [0.1, 0.15) is 58.4 Å². The van der Waals surface area contributed by atoms with E-state index in [1.165, 1.54) is 31.2 Å². The summed E-state index contributed by atoms with van der Waals surface area (Å²) in [4.78, 5) is 73.9. The van der Waals surface area contributed by atoms with E-state index in [0.29, 0.717) is 24.9 Å². The van der Waals surface area contributed by atoms with Gasteiger partial charge in [0, 0.05) is 19.8 Å². The number of aromatic hydroxyl groups is 1. The monoisotopic (exact) mass is 579 g/mol. The van der Waals surface area contributed by atoms with E-state index in [2.05, 4.69) is 21.3 Å². The van der Waals surface area contributed by atoms with Gasteiger partial charge in [-0.25, -0.2) is 4.79 Å². The molecule has 0 bridgehead atoms. The molecule has 4 atom stereocenters. The van der Waals surface area contributed by atoms with E-state index in [1.54, 1.807) is 13.8 Å². The number of rotatable bonds is 18. The number of carbonyl (C=O) groups excluding carboxylic acids is 4. The quantitative estimate of drug-likeness (QED) is 0.105. The summed E-state index contributed by atoms with van der Waals surface area (Å²) in [5.74, 6) is -5.85. The topological polar surface area (TPSA) is 237 Å². The Kier molecular flexibility index (Phi) is 14.8. The molecule has 0 aliphatic rings. The first-order valence-corrected chi connectivity index (χ1v) is 13.4. The number of nitrogens with two attached hydrogens (primary N) is 1. The molecule has 9 N–H and O–H groups in total. The van der Waals surface area contributed by atoms with Gasteiger partial charge in [-0.3, -0.25) is 24.0 Å². The molecule has 41 heavy (non-hydrogen) atoms. The van der Waals surface area contributed by atoms with Crippen molar-refractivity contribution in [2.45, 2.75) is 83.5 Å². The SMILES string of the molecule is CC(=O)N[C@@H](CCCCN)C(=O)N[C@@H](CCC(=O)O)C(=O)N[C@H](C(=O)N[C@@H](Cc1ccc(O)cc1)C(=O)O)C(C)C. The minimum Gasteiger partial charge on any atom is -0.508 e. The predicted molar refractivity (Wildman–Crippen MR) is 147 cm³/mol. The maximum absolute atomic E-state index is 13.2. The number of benzene rings is 1. The van der Waals surface area contributed by atoms with Gasteiger partial charge in [-0.2, -0.15) is 0 Å². The number of carboxylic acid groups (broad SMARTS) is 2. The van der Waals surface area contributed by atoms with Gasteiger partial charge in [0.2, 0.25) is 23.6 Å². The number of amides is 4. The highest BCUT2D eigenvalue weighted by Gasteiger charge is 2.32. The fourth-order valence-corrected chi connectivity index (χ4v) is 3.93. The lowest BCUT2D eigenvalue weighted by atomic mass is 10.00. The van der Waals surface area contributed by atoms with E-state index in [-0.39, 0.29) is 25.0 Å². The number of unbranched alkanes of at least 4 members (excludes halogenated alkanes) is 1. The smallest absolute Gasteiger partial charge is 0.326 e. The zero-order valence-electron chi connectivity index (χ0n) is 23.5. The number of carbonyl (C=O) groups is 6. The third-order valence-corrected chi connectivity index (χ3v) is 6.16. The Hall–Kier alpha value is -4.20. The van der Waals surface area contributed by atoms with E-state index in [1.807, 2.05) is 0 Å². The molecule has 0 fully saturated rings. The van der Waals surface area contributed by atoms with Gasteiger partial charge in [0.25, 0.3) is 0 Å². The summed E-state index contributed by atoms with van der Waals surface area (Å²) in [6.45, 7) is 4.86. The van der Waals surface area contributed by atoms with Crippen LogP contribution in [-0.2, 0) is 35.2 Å². The van der Waals surface area contributed by atoms with Crippen molar-refractivity contribution in [3.8, 4) is 5.75 Å². The number of hydrogen-bond acceptors (Lipinski definition) is 8. The average Bonchev–Trinajstić information content (AvgIpc) is 2.88. The van der Waals surface area contributed by atoms with Gasteiger partial charge in [0.15, 0.2) is 0 Å². The molecule has 1 aromatic rings. The molecule has 0 radical (unpaired) electrons. The molecule has 0 unspecified atom stereocenters. The molecule has 228 valence electrons. The van der Waals surface area contributed by atoms with Gasteiger partial charge in [0.1, 0.15) is 29.9 Å². The fourth-order valence-electron chi connectivity index (χ4n) is 3.93. The minimum absolute atomic E-state index is 0.00394. The summed E-state index contributed by atoms with van der Waals surface area (Å²) < 4.78 is 0. The van der Waals surface area contributed by atoms with E-state index >= 15 is 0 Å². The molecular formula is C27H41N5O9. The maximum atomic E-state index is 13.2. The van der Waals surface area contributed by atoms with Crippen LogP contribution >= 0.6 is 0 Å². The van der Waals surface area contributed by atoms with E-state index in [0.717, 1.165) is 0 Å². The Bertz CT molecular complexity index is 1060. The molecule has 4 amide bonds. The average molecular weight is 580 g/mol. The molecule has 1 rings (SSSR count). The van der Waals surface area contributed by atoms with Gasteiger partial charge in [0.05, 0.1) is 0 Å². The van der Waals surface area contributed by atoms with Crippen molar-refractivity contribution < 1.29 is 44.1 Å². The van der Waals surface area contributed by atoms with E-state index < -0.39 is 72.1 Å². The Balaban J connectivity index is 3.06. The third-order valence-electron chi connectivity index (χ3n) is 6.16. The molecule has 0 spiro atoms. The summed E-state index contributed by atoms with van der Waals surface area (Å²) in [6.07, 6.45) is 0.500. The van der Waals surface area contributed by atoms with Gasteiger partial charge in [-0.05, 0) is 55.8 Å². The van der Waals surface area contributed by atoms with Crippen molar-refractivity contribution in [1.29, 1.82) is 0 Å². The van der Waals surface area contributed by atoms with Gasteiger partial charge in [-0.15, -0.1) is 0 Å². The zero-order chi connectivity index (χ0) is 31.1. The van der Waals surface area contributed by atoms with Gasteiger partial charge >= 0.3 is 11.9 Å². The lowest BCUT2D eigenvalue weighted by Crippen LogP contribution is -2.59. The molecule has 0 heterocycles. The highest BCUT2D eigenvalue weighted by molar-refractivity contribution is 5.95. The lowest BCUT2D eigenvalue weighted by molar-refractivity contribution is -0.142. The summed E-state index contributed by atoms with van der Waals surface area (Å²) in [5.41, 5.74) is 6.03. The number of nitrogens with one attached hydrogen (secondary N) is 4. The van der Waals surface area contributed by atoms with Crippen LogP contribution < -0.4 is 27.0 Å². The number of phenolic OH excluding ortho intramolecular Hbond substituents is 1. The van der Waals surface area contributed by atoms with Gasteiger partial charge < -0.3 is 42.3 Å². The number of carboxylic acids is 2. The Labute approximate surface area is 238 Å². The molecule has 0 saturated carbocycles. The standard InChI is InChI=1S/C27H41N5O9/c1-15(2)23(26(39)31-21(27(40)41)14-17-7-9-18(34)10-8-17)32-25(38)20(11-12-22(35)36)30-24(37)19(29-16(3)33)6-4-5-13-28/h7-10,15,19-21,23,34H,4-6,11-14,28H2,1-3H3,(H,29,33)(H,30,37)(H,31,39)(H,32,38)(H,35,36)(H,40,41)/t19-,20-,21-,23-/m0/s1. The fraction of sp³-hybridized carbons (Fsp3) is 0.556. The second-order valence-corrected chi connectivity index (χ2v) is 10.0. The van der Waals surface area contributed by atoms with Crippen LogP contribution in [0.25, 0.3) is 0 Å². The summed E-state index contributed by atoms with van der Waals surface area (Å²) in [7, 11) is 0. The van der Waals surface area contributed by atoms with Crippen LogP contribution in [-0.4, -0.2) is 81.6 Å². The summed E-state index contributed by atoms with van der Waals surface area (Å²) >= 11 is 0. The number of phenols is 1. The third kappa shape index (κ3) is 13.1. The van der Waals surface area contributed by atoms with Crippen LogP contribution in [0.3, 0.4) is 0 Å². The molecule has 14 nitrogen and oxygen atoms in total. The van der Waals surface area contributed by atoms with Crippen LogP contribution in [0.15, 0.2) is 24.3 Å². The molecule has 1 aromatic carbocycles. The highest BCUT2D eigenvalue weighted by atomic mass is 16.4. The number of hydrogen-bond donors (Lipinski definition) is 8. The second-order valence-electron chi connectivity index (χ2n) is 10.0. The number of aliphatic carboxylic acids is 2. The van der Waals surface area contributed by atoms with Crippen molar-refractivity contribution >= 4 is 35.6 Å². The summed E-state index contributed by atoms with van der Waals surface area (Å²) in [5, 5.41) is 38.1. The summed E-state index contributed by atoms with van der Waals surface area (Å²) in [6, 6.07) is 0.883. The Morgan fingerprint density at radius 1 is 0.780 bits per heavy atom. The normalized spacial score (nSPS) is 13.8. The second kappa shape index (κ2) is 17.5. The molecule has 14 heteroatoms. The first-order chi connectivity index (χ1) is 19.2. The largest absolute Gasteiger partial charge is 0.508 e. The van der Waals surface area contributed by atoms with Crippen LogP contribution in [0.2, 0.25) is 0 Å². The van der Waals surface area contributed by atoms with Crippen molar-refractivity contribution in [3.63, 3.8) is 0 Å². The van der Waals surface area contributed by atoms with E-state index in [4.69, 9.17) is 10.8 Å². The van der Waals surface area contributed by atoms with Crippen molar-refractivity contribution in [2.24, 2.45) is 11.7 Å². The highest BCUT2D eigenvalue weighted by Crippen LogP contribution is 2.13. The van der Waals surface area contributed by atoms with Crippen LogP contribution in [0, 0.1) is 5.92 Å². The molecule has 0 aromatic heterocycles. The first kappa shape index (κ1) is 34.8. The zero-order valence-corrected chi connectivity index (χ0v) is 23.5. The molecule has 0 aliphatic carbocycles. The van der Waals surface area contributed by atoms with Crippen LogP contribution in [0.4, 0.5) is 0 Å². The van der Waals surface area contributed by atoms with Gasteiger partial charge in [-0.1, -0.05) is 26.0 Å². The lowest BCUT2D eigenvalue weighted by Gasteiger charge is -2.27.